The van der Waals surface area contributed by atoms with Gasteiger partial charge >= 0.3 is 5.97 Å². The molecule has 0 saturated carbocycles. The lowest BCUT2D eigenvalue weighted by molar-refractivity contribution is -0.131. The van der Waals surface area contributed by atoms with Crippen LogP contribution in [0.25, 0.3) is 0 Å². The van der Waals surface area contributed by atoms with Crippen LogP contribution >= 0.6 is 0 Å². The number of rotatable bonds is 1. The van der Waals surface area contributed by atoms with Crippen LogP contribution in [0.4, 0.5) is 0 Å². The molecule has 0 aromatic heterocycles. The highest BCUT2D eigenvalue weighted by atomic mass is 16.5. The Labute approximate surface area is 77.0 Å². The number of phenols is 1. The predicted molar refractivity (Wildman–Crippen MR) is 48.9 cm³/mol. The summed E-state index contributed by atoms with van der Waals surface area (Å²) in [6.45, 7) is 4.92. The first-order valence-corrected chi connectivity index (χ1v) is 3.99. The molecule has 70 valence electrons. The molecule has 1 aromatic rings. The van der Waals surface area contributed by atoms with Gasteiger partial charge in [0.1, 0.15) is 11.5 Å². The third kappa shape index (κ3) is 2.21. The van der Waals surface area contributed by atoms with Crippen LogP contribution in [0.1, 0.15) is 18.1 Å². The molecule has 1 rings (SSSR count). The molecule has 13 heavy (non-hydrogen) atoms. The van der Waals surface area contributed by atoms with Crippen molar-refractivity contribution >= 4 is 5.97 Å². The topological polar surface area (TPSA) is 46.5 Å². The van der Waals surface area contributed by atoms with Crippen molar-refractivity contribution in [2.45, 2.75) is 20.8 Å². The summed E-state index contributed by atoms with van der Waals surface area (Å²) in [5.41, 5.74) is 1.51. The molecule has 0 unspecified atom stereocenters. The molecule has 0 aliphatic heterocycles. The zero-order valence-electron chi connectivity index (χ0n) is 7.92. The smallest absolute Gasteiger partial charge is 0.308 e. The van der Waals surface area contributed by atoms with Crippen molar-refractivity contribution in [2.24, 2.45) is 0 Å². The summed E-state index contributed by atoms with van der Waals surface area (Å²) < 4.78 is 4.98. The second-order valence-corrected chi connectivity index (χ2v) is 3.00. The molecule has 0 aliphatic rings. The van der Waals surface area contributed by atoms with E-state index < -0.39 is 0 Å². The molecule has 0 aliphatic carbocycles. The minimum Gasteiger partial charge on any atom is -0.508 e. The molecule has 3 heteroatoms. The molecule has 1 N–H and O–H groups in total. The van der Waals surface area contributed by atoms with Gasteiger partial charge in [0.2, 0.25) is 0 Å². The van der Waals surface area contributed by atoms with Crippen LogP contribution < -0.4 is 4.74 Å². The van der Waals surface area contributed by atoms with Crippen molar-refractivity contribution in [3.63, 3.8) is 0 Å². The summed E-state index contributed by atoms with van der Waals surface area (Å²) in [7, 11) is 0. The summed E-state index contributed by atoms with van der Waals surface area (Å²) in [6.07, 6.45) is 0. The molecule has 0 saturated heterocycles. The van der Waals surface area contributed by atoms with Crippen molar-refractivity contribution in [3.8, 4) is 11.5 Å². The summed E-state index contributed by atoms with van der Waals surface area (Å²) in [6, 6.07) is 3.12. The van der Waals surface area contributed by atoms with Crippen molar-refractivity contribution in [1.82, 2.24) is 0 Å². The molecule has 0 radical (unpaired) electrons. The van der Waals surface area contributed by atoms with Crippen LogP contribution in [-0.4, -0.2) is 11.1 Å². The van der Waals surface area contributed by atoms with Crippen LogP contribution in [0.15, 0.2) is 12.1 Å². The first kappa shape index (κ1) is 9.58. The molecule has 0 heterocycles. The van der Waals surface area contributed by atoms with Gasteiger partial charge in [0.25, 0.3) is 0 Å². The van der Waals surface area contributed by atoms with Crippen molar-refractivity contribution < 1.29 is 14.6 Å². The first-order chi connectivity index (χ1) is 6.00. The molecule has 3 nitrogen and oxygen atoms in total. The summed E-state index contributed by atoms with van der Waals surface area (Å²) in [5.74, 6) is 0.369. The maximum atomic E-state index is 10.7. The molecule has 0 fully saturated rings. The van der Waals surface area contributed by atoms with E-state index in [0.717, 1.165) is 11.1 Å². The van der Waals surface area contributed by atoms with E-state index >= 15 is 0 Å². The monoisotopic (exact) mass is 180 g/mol. The van der Waals surface area contributed by atoms with E-state index in [1.807, 2.05) is 0 Å². The third-order valence-corrected chi connectivity index (χ3v) is 1.69. The lowest BCUT2D eigenvalue weighted by Gasteiger charge is -2.08. The fraction of sp³-hybridized carbons (Fsp3) is 0.300. The van der Waals surface area contributed by atoms with Gasteiger partial charge in [-0.1, -0.05) is 0 Å². The molecule has 0 amide bonds. The summed E-state index contributed by atoms with van der Waals surface area (Å²) >= 11 is 0. The predicted octanol–water partition coefficient (Wildman–Crippen LogP) is 1.93. The Balaban J connectivity index is 3.13. The zero-order chi connectivity index (χ0) is 10.0. The fourth-order valence-electron chi connectivity index (χ4n) is 1.23. The van der Waals surface area contributed by atoms with Gasteiger partial charge in [0, 0.05) is 6.92 Å². The summed E-state index contributed by atoms with van der Waals surface area (Å²) in [4.78, 5) is 10.7. The van der Waals surface area contributed by atoms with Crippen LogP contribution in [0.5, 0.6) is 11.5 Å². The van der Waals surface area contributed by atoms with E-state index in [2.05, 4.69) is 0 Å². The number of hydrogen-bond donors (Lipinski definition) is 1. The van der Waals surface area contributed by atoms with Crippen molar-refractivity contribution in [1.29, 1.82) is 0 Å². The van der Waals surface area contributed by atoms with Gasteiger partial charge in [-0.25, -0.2) is 0 Å². The Morgan fingerprint density at radius 2 is 1.77 bits per heavy atom. The van der Waals surface area contributed by atoms with Crippen LogP contribution in [0, 0.1) is 13.8 Å². The number of hydrogen-bond acceptors (Lipinski definition) is 3. The number of benzene rings is 1. The Hall–Kier alpha value is -1.51. The van der Waals surface area contributed by atoms with Gasteiger partial charge in [-0.2, -0.15) is 0 Å². The highest BCUT2D eigenvalue weighted by Gasteiger charge is 2.07. The Morgan fingerprint density at radius 1 is 1.31 bits per heavy atom. The van der Waals surface area contributed by atoms with E-state index in [-0.39, 0.29) is 11.7 Å². The lowest BCUT2D eigenvalue weighted by atomic mass is 10.1. The Morgan fingerprint density at radius 3 is 2.15 bits per heavy atom. The second-order valence-electron chi connectivity index (χ2n) is 3.00. The normalized spacial score (nSPS) is 9.77. The molecule has 0 spiro atoms. The Kier molecular flexibility index (Phi) is 2.56. The average molecular weight is 180 g/mol. The number of ether oxygens (including phenoxy) is 1. The van der Waals surface area contributed by atoms with Crippen molar-refractivity contribution in [2.75, 3.05) is 0 Å². The minimum atomic E-state index is -0.350. The van der Waals surface area contributed by atoms with Gasteiger partial charge in [-0.05, 0) is 37.1 Å². The molecule has 0 bridgehead atoms. The number of esters is 1. The molecule has 1 aromatic carbocycles. The number of phenolic OH excluding ortho intramolecular Hbond substituents is 1. The lowest BCUT2D eigenvalue weighted by Crippen LogP contribution is -2.04. The Bertz CT molecular complexity index is 319. The molecular formula is C10H12O3. The number of aryl methyl sites for hydroxylation is 2. The quantitative estimate of drug-likeness (QED) is 0.530. The van der Waals surface area contributed by atoms with E-state index in [4.69, 9.17) is 4.74 Å². The van der Waals surface area contributed by atoms with Crippen LogP contribution in [0.2, 0.25) is 0 Å². The van der Waals surface area contributed by atoms with Gasteiger partial charge in [0.05, 0.1) is 0 Å². The third-order valence-electron chi connectivity index (χ3n) is 1.69. The molecular weight excluding hydrogens is 168 g/mol. The maximum absolute atomic E-state index is 10.7. The van der Waals surface area contributed by atoms with Gasteiger partial charge in [-0.3, -0.25) is 4.79 Å². The first-order valence-electron chi connectivity index (χ1n) is 3.99. The van der Waals surface area contributed by atoms with Crippen LogP contribution in [-0.2, 0) is 4.79 Å². The number of aromatic hydroxyl groups is 1. The zero-order valence-corrected chi connectivity index (χ0v) is 7.92. The van der Waals surface area contributed by atoms with Crippen molar-refractivity contribution in [3.05, 3.63) is 23.3 Å². The number of carbonyl (C=O) groups is 1. The van der Waals surface area contributed by atoms with Gasteiger partial charge < -0.3 is 9.84 Å². The van der Waals surface area contributed by atoms with Gasteiger partial charge in [-0.15, -0.1) is 0 Å². The SMILES string of the molecule is CC(=O)Oc1c(C)cc(O)cc1C. The van der Waals surface area contributed by atoms with E-state index in [0.29, 0.717) is 5.75 Å². The molecule has 0 atom stereocenters. The number of carbonyl (C=O) groups excluding carboxylic acids is 1. The highest BCUT2D eigenvalue weighted by molar-refractivity contribution is 5.70. The van der Waals surface area contributed by atoms with E-state index in [1.54, 1.807) is 26.0 Å². The van der Waals surface area contributed by atoms with E-state index in [9.17, 15) is 9.90 Å². The minimum absolute atomic E-state index is 0.186. The maximum Gasteiger partial charge on any atom is 0.308 e. The standard InChI is InChI=1S/C10H12O3/c1-6-4-9(12)5-7(2)10(6)13-8(3)11/h4-5,12H,1-3H3. The largest absolute Gasteiger partial charge is 0.508 e. The van der Waals surface area contributed by atoms with Gasteiger partial charge in [0.15, 0.2) is 0 Å². The highest BCUT2D eigenvalue weighted by Crippen LogP contribution is 2.27. The average Bonchev–Trinajstić information content (AvgIpc) is 1.96. The fourth-order valence-corrected chi connectivity index (χ4v) is 1.23. The second kappa shape index (κ2) is 3.47. The van der Waals surface area contributed by atoms with E-state index in [1.165, 1.54) is 6.92 Å². The van der Waals surface area contributed by atoms with Crippen LogP contribution in [0.3, 0.4) is 0 Å². The summed E-state index contributed by atoms with van der Waals surface area (Å²) in [5, 5.41) is 9.21.